The van der Waals surface area contributed by atoms with Gasteiger partial charge in [-0.1, -0.05) is 57.0 Å². The van der Waals surface area contributed by atoms with Crippen LogP contribution in [0.2, 0.25) is 0 Å². The molecule has 2 nitrogen and oxygen atoms in total. The van der Waals surface area contributed by atoms with Gasteiger partial charge >= 0.3 is 0 Å². The number of hydrogen-bond donors (Lipinski definition) is 0. The van der Waals surface area contributed by atoms with Crippen LogP contribution in [0.25, 0.3) is 11.1 Å². The van der Waals surface area contributed by atoms with Gasteiger partial charge in [0.25, 0.3) is 0 Å². The molecule has 2 aromatic rings. The number of unbranched alkanes of at least 4 members (excludes halogenated alkanes) is 1. The van der Waals surface area contributed by atoms with Crippen LogP contribution in [0.15, 0.2) is 54.9 Å². The quantitative estimate of drug-likeness (QED) is 0.659. The first-order chi connectivity index (χ1) is 10.3. The van der Waals surface area contributed by atoms with E-state index in [2.05, 4.69) is 50.4 Å². The largest absolute Gasteiger partial charge is 0.271 e. The van der Waals surface area contributed by atoms with Gasteiger partial charge < -0.3 is 0 Å². The van der Waals surface area contributed by atoms with E-state index in [1.807, 2.05) is 23.1 Å². The smallest absolute Gasteiger partial charge is 0.230 e. The minimum Gasteiger partial charge on any atom is -0.271 e. The van der Waals surface area contributed by atoms with E-state index in [0.717, 1.165) is 6.61 Å². The zero-order valence-corrected chi connectivity index (χ0v) is 13.2. The summed E-state index contributed by atoms with van der Waals surface area (Å²) in [5.74, 6) is 0.651. The summed E-state index contributed by atoms with van der Waals surface area (Å²) < 4.78 is 1.84. The molecule has 0 aliphatic carbocycles. The van der Waals surface area contributed by atoms with E-state index in [4.69, 9.17) is 4.84 Å². The van der Waals surface area contributed by atoms with Crippen LogP contribution in [0.3, 0.4) is 0 Å². The number of pyridine rings is 1. The van der Waals surface area contributed by atoms with Crippen LogP contribution in [0, 0.1) is 5.92 Å². The van der Waals surface area contributed by atoms with Crippen LogP contribution in [-0.4, -0.2) is 6.61 Å². The maximum atomic E-state index is 5.93. The van der Waals surface area contributed by atoms with E-state index >= 15 is 0 Å². The van der Waals surface area contributed by atoms with E-state index in [9.17, 15) is 0 Å². The molecule has 0 radical (unpaired) electrons. The van der Waals surface area contributed by atoms with Crippen LogP contribution in [0.4, 0.5) is 0 Å². The standard InChI is InChI=1S/C19H26NO/c1-3-5-10-17(4-2)16-21-20-14-9-13-19(15-20)18-11-7-6-8-12-18/h6-9,11-15,17H,3-5,10,16H2,1-2H3/q+1. The summed E-state index contributed by atoms with van der Waals surface area (Å²) in [7, 11) is 0. The molecule has 0 saturated carbocycles. The predicted molar refractivity (Wildman–Crippen MR) is 86.8 cm³/mol. The van der Waals surface area contributed by atoms with Crippen LogP contribution in [0.1, 0.15) is 39.5 Å². The number of benzene rings is 1. The summed E-state index contributed by atoms with van der Waals surface area (Å²) in [5.41, 5.74) is 2.40. The summed E-state index contributed by atoms with van der Waals surface area (Å²) in [5, 5.41) is 0. The van der Waals surface area contributed by atoms with Gasteiger partial charge in [-0.15, -0.1) is 0 Å². The summed E-state index contributed by atoms with van der Waals surface area (Å²) in [4.78, 5) is 5.93. The molecule has 2 rings (SSSR count). The zero-order valence-electron chi connectivity index (χ0n) is 13.2. The van der Waals surface area contributed by atoms with Crippen molar-refractivity contribution in [1.82, 2.24) is 0 Å². The lowest BCUT2D eigenvalue weighted by molar-refractivity contribution is -0.892. The van der Waals surface area contributed by atoms with Crippen molar-refractivity contribution in [2.24, 2.45) is 5.92 Å². The highest BCUT2D eigenvalue weighted by atomic mass is 16.7. The van der Waals surface area contributed by atoms with Crippen molar-refractivity contribution < 1.29 is 9.57 Å². The van der Waals surface area contributed by atoms with Crippen molar-refractivity contribution in [3.05, 3.63) is 54.9 Å². The van der Waals surface area contributed by atoms with Gasteiger partial charge in [-0.25, -0.2) is 0 Å². The monoisotopic (exact) mass is 284 g/mol. The van der Waals surface area contributed by atoms with Crippen molar-refractivity contribution in [3.8, 4) is 11.1 Å². The van der Waals surface area contributed by atoms with Crippen molar-refractivity contribution in [2.75, 3.05) is 6.61 Å². The Hall–Kier alpha value is -1.83. The SMILES string of the molecule is CCCCC(CC)CO[n+]1cccc(-c2ccccc2)c1. The van der Waals surface area contributed by atoms with Gasteiger partial charge in [-0.3, -0.25) is 4.84 Å². The van der Waals surface area contributed by atoms with Crippen LogP contribution in [-0.2, 0) is 0 Å². The molecule has 0 aliphatic heterocycles. The van der Waals surface area contributed by atoms with Crippen molar-refractivity contribution in [1.29, 1.82) is 0 Å². The Morgan fingerprint density at radius 1 is 1.00 bits per heavy atom. The molecule has 0 bridgehead atoms. The molecule has 0 N–H and O–H groups in total. The van der Waals surface area contributed by atoms with Crippen LogP contribution in [0.5, 0.6) is 0 Å². The number of rotatable bonds is 8. The molecule has 1 atom stereocenters. The Balaban J connectivity index is 1.98. The fourth-order valence-electron chi connectivity index (χ4n) is 2.43. The second-order valence-electron chi connectivity index (χ2n) is 5.53. The first-order valence-electron chi connectivity index (χ1n) is 8.03. The maximum Gasteiger partial charge on any atom is 0.230 e. The molecule has 1 aromatic heterocycles. The summed E-state index contributed by atoms with van der Waals surface area (Å²) in [6.45, 7) is 5.28. The molecule has 0 fully saturated rings. The average molecular weight is 284 g/mol. The molecule has 1 aromatic carbocycles. The van der Waals surface area contributed by atoms with E-state index in [1.165, 1.54) is 36.8 Å². The van der Waals surface area contributed by atoms with Crippen molar-refractivity contribution >= 4 is 0 Å². The van der Waals surface area contributed by atoms with Gasteiger partial charge in [-0.05, 0) is 30.4 Å². The van der Waals surface area contributed by atoms with Crippen LogP contribution < -0.4 is 9.57 Å². The van der Waals surface area contributed by atoms with Crippen molar-refractivity contribution in [3.63, 3.8) is 0 Å². The second-order valence-corrected chi connectivity index (χ2v) is 5.53. The average Bonchev–Trinajstić information content (AvgIpc) is 2.56. The zero-order chi connectivity index (χ0) is 14.9. The van der Waals surface area contributed by atoms with Gasteiger partial charge in [0.1, 0.15) is 0 Å². The number of hydrogen-bond acceptors (Lipinski definition) is 1. The Morgan fingerprint density at radius 3 is 2.48 bits per heavy atom. The first-order valence-corrected chi connectivity index (χ1v) is 8.03. The Bertz CT molecular complexity index is 524. The Morgan fingerprint density at radius 2 is 1.76 bits per heavy atom. The lowest BCUT2D eigenvalue weighted by Gasteiger charge is -2.11. The maximum absolute atomic E-state index is 5.93. The van der Waals surface area contributed by atoms with E-state index in [-0.39, 0.29) is 0 Å². The minimum atomic E-state index is 0.651. The van der Waals surface area contributed by atoms with E-state index in [0.29, 0.717) is 5.92 Å². The molecule has 112 valence electrons. The van der Waals surface area contributed by atoms with Gasteiger partial charge in [0.05, 0.1) is 5.56 Å². The fourth-order valence-corrected chi connectivity index (χ4v) is 2.43. The molecule has 1 heterocycles. The third kappa shape index (κ3) is 4.89. The molecular formula is C19H26NO+. The van der Waals surface area contributed by atoms with Gasteiger partial charge in [0.15, 0.2) is 6.61 Å². The minimum absolute atomic E-state index is 0.651. The highest BCUT2D eigenvalue weighted by Crippen LogP contribution is 2.16. The third-order valence-electron chi connectivity index (χ3n) is 3.88. The Labute approximate surface area is 128 Å². The molecule has 0 aliphatic rings. The van der Waals surface area contributed by atoms with Gasteiger partial charge in [-0.2, -0.15) is 0 Å². The summed E-state index contributed by atoms with van der Waals surface area (Å²) in [6.07, 6.45) is 9.01. The van der Waals surface area contributed by atoms with E-state index < -0.39 is 0 Å². The molecule has 2 heteroatoms. The molecule has 0 amide bonds. The summed E-state index contributed by atoms with van der Waals surface area (Å²) in [6, 6.07) is 14.6. The molecule has 0 spiro atoms. The number of nitrogens with zero attached hydrogens (tertiary/aromatic N) is 1. The van der Waals surface area contributed by atoms with E-state index in [1.54, 1.807) is 0 Å². The number of aromatic nitrogens is 1. The second kappa shape index (κ2) is 8.46. The predicted octanol–water partition coefficient (Wildman–Crippen LogP) is 4.29. The lowest BCUT2D eigenvalue weighted by atomic mass is 10.0. The molecule has 1 unspecified atom stereocenters. The van der Waals surface area contributed by atoms with Crippen molar-refractivity contribution in [2.45, 2.75) is 39.5 Å². The fraction of sp³-hybridized carbons (Fsp3) is 0.421. The van der Waals surface area contributed by atoms with Crippen LogP contribution >= 0.6 is 0 Å². The molecule has 0 saturated heterocycles. The van der Waals surface area contributed by atoms with Gasteiger partial charge in [0.2, 0.25) is 12.4 Å². The highest BCUT2D eigenvalue weighted by molar-refractivity contribution is 5.61. The third-order valence-corrected chi connectivity index (χ3v) is 3.88. The first kappa shape index (κ1) is 15.6. The lowest BCUT2D eigenvalue weighted by Crippen LogP contribution is -2.44. The Kier molecular flexibility index (Phi) is 6.26. The normalized spacial score (nSPS) is 12.1. The highest BCUT2D eigenvalue weighted by Gasteiger charge is 2.11. The summed E-state index contributed by atoms with van der Waals surface area (Å²) >= 11 is 0. The van der Waals surface area contributed by atoms with Gasteiger partial charge in [0, 0.05) is 10.8 Å². The topological polar surface area (TPSA) is 13.1 Å². The molecular weight excluding hydrogens is 258 g/mol. The molecule has 21 heavy (non-hydrogen) atoms.